The smallest absolute Gasteiger partial charge is 0.250 e. The second-order valence-corrected chi connectivity index (χ2v) is 6.58. The molecule has 1 aromatic heterocycles. The van der Waals surface area contributed by atoms with E-state index in [9.17, 15) is 4.79 Å². The van der Waals surface area contributed by atoms with Crippen LogP contribution in [0.2, 0.25) is 0 Å². The molecule has 0 atom stereocenters. The molecule has 1 fully saturated rings. The molecule has 6 heteroatoms. The van der Waals surface area contributed by atoms with E-state index in [0.717, 1.165) is 12.2 Å². The summed E-state index contributed by atoms with van der Waals surface area (Å²) in [7, 11) is 0. The maximum Gasteiger partial charge on any atom is 0.250 e. The highest BCUT2D eigenvalue weighted by atomic mass is 32.1. The van der Waals surface area contributed by atoms with Crippen molar-refractivity contribution < 1.29 is 9.90 Å². The predicted molar refractivity (Wildman–Crippen MR) is 88.2 cm³/mol. The summed E-state index contributed by atoms with van der Waals surface area (Å²) in [4.78, 5) is 16.9. The maximum atomic E-state index is 11.2. The van der Waals surface area contributed by atoms with Gasteiger partial charge in [-0.05, 0) is 31.0 Å². The highest BCUT2D eigenvalue weighted by Crippen LogP contribution is 2.38. The van der Waals surface area contributed by atoms with Crippen LogP contribution in [-0.2, 0) is 11.3 Å². The van der Waals surface area contributed by atoms with Crippen LogP contribution in [0.1, 0.15) is 35.1 Å². The first kappa shape index (κ1) is 15.0. The number of amides is 1. The molecule has 1 heterocycles. The van der Waals surface area contributed by atoms with Crippen LogP contribution >= 0.6 is 11.3 Å². The fourth-order valence-electron chi connectivity index (χ4n) is 2.34. The Morgan fingerprint density at radius 2 is 2.18 bits per heavy atom. The van der Waals surface area contributed by atoms with Gasteiger partial charge in [-0.1, -0.05) is 12.5 Å². The Kier molecular flexibility index (Phi) is 4.70. The molecule has 1 saturated carbocycles. The van der Waals surface area contributed by atoms with Gasteiger partial charge in [0.2, 0.25) is 5.91 Å². The van der Waals surface area contributed by atoms with Gasteiger partial charge in [0, 0.05) is 28.4 Å². The minimum absolute atomic E-state index is 0.412. The normalized spacial score (nSPS) is 14.4. The van der Waals surface area contributed by atoms with Gasteiger partial charge < -0.3 is 15.7 Å². The topological polar surface area (TPSA) is 74.2 Å². The fourth-order valence-corrected chi connectivity index (χ4v) is 3.37. The number of nitrogens with zero attached hydrogens (tertiary/aromatic N) is 1. The molecule has 0 unspecified atom stereocenters. The molecule has 1 aromatic carbocycles. The summed E-state index contributed by atoms with van der Waals surface area (Å²) in [5.41, 5.74) is 1.60. The van der Waals surface area contributed by atoms with Crippen LogP contribution in [0.15, 0.2) is 30.5 Å². The second kappa shape index (κ2) is 6.89. The van der Waals surface area contributed by atoms with E-state index < -0.39 is 12.5 Å². The first-order valence-corrected chi connectivity index (χ1v) is 8.25. The van der Waals surface area contributed by atoms with Crippen molar-refractivity contribution >= 4 is 28.6 Å². The van der Waals surface area contributed by atoms with E-state index in [4.69, 9.17) is 5.11 Å². The summed E-state index contributed by atoms with van der Waals surface area (Å²) in [6.07, 6.45) is 5.81. The van der Waals surface area contributed by atoms with E-state index in [1.165, 1.54) is 29.1 Å². The van der Waals surface area contributed by atoms with Crippen LogP contribution in [0.3, 0.4) is 0 Å². The monoisotopic (exact) mass is 317 g/mol. The summed E-state index contributed by atoms with van der Waals surface area (Å²) in [6.45, 7) is 0.213. The number of anilines is 2. The van der Waals surface area contributed by atoms with Crippen molar-refractivity contribution in [1.29, 1.82) is 0 Å². The van der Waals surface area contributed by atoms with Crippen molar-refractivity contribution in [3.05, 3.63) is 40.3 Å². The fraction of sp³-hybridized carbons (Fsp3) is 0.375. The van der Waals surface area contributed by atoms with Crippen molar-refractivity contribution in [3.8, 4) is 0 Å². The average molecular weight is 317 g/mol. The van der Waals surface area contributed by atoms with E-state index in [-0.39, 0.29) is 0 Å². The van der Waals surface area contributed by atoms with Gasteiger partial charge in [0.15, 0.2) is 0 Å². The molecule has 2 aromatic rings. The van der Waals surface area contributed by atoms with Gasteiger partial charge in [-0.15, -0.1) is 11.3 Å². The van der Waals surface area contributed by atoms with Crippen molar-refractivity contribution in [2.45, 2.75) is 31.7 Å². The van der Waals surface area contributed by atoms with E-state index in [1.807, 2.05) is 24.4 Å². The van der Waals surface area contributed by atoms with Gasteiger partial charge in [-0.2, -0.15) is 0 Å². The lowest BCUT2D eigenvalue weighted by Gasteiger charge is -2.22. The van der Waals surface area contributed by atoms with E-state index >= 15 is 0 Å². The van der Waals surface area contributed by atoms with E-state index in [1.54, 1.807) is 17.4 Å². The van der Waals surface area contributed by atoms with Crippen molar-refractivity contribution in [2.24, 2.45) is 0 Å². The molecule has 3 N–H and O–H groups in total. The summed E-state index contributed by atoms with van der Waals surface area (Å²) in [5, 5.41) is 16.0. The Hall–Kier alpha value is -1.92. The number of thiazole rings is 1. The SMILES string of the molecule is O=C(CO)Nc1cccc(NCc2cnc(C3CCC3)s2)c1. The third-order valence-corrected chi connectivity index (χ3v) is 4.94. The molecule has 0 spiro atoms. The number of rotatable bonds is 6. The van der Waals surface area contributed by atoms with Crippen molar-refractivity contribution in [2.75, 3.05) is 17.2 Å². The second-order valence-electron chi connectivity index (χ2n) is 5.43. The first-order chi connectivity index (χ1) is 10.7. The largest absolute Gasteiger partial charge is 0.387 e. The summed E-state index contributed by atoms with van der Waals surface area (Å²) in [5.74, 6) is 0.264. The van der Waals surface area contributed by atoms with Crippen molar-refractivity contribution in [1.82, 2.24) is 4.98 Å². The lowest BCUT2D eigenvalue weighted by atomic mass is 9.86. The number of nitrogens with one attached hydrogen (secondary N) is 2. The standard InChI is InChI=1S/C16H19N3O2S/c20-10-15(21)19-13-6-2-5-12(7-13)17-8-14-9-18-16(22-14)11-3-1-4-11/h2,5-7,9,11,17,20H,1,3-4,8,10H2,(H,19,21). The third kappa shape index (κ3) is 3.64. The zero-order chi connectivity index (χ0) is 15.4. The lowest BCUT2D eigenvalue weighted by Crippen LogP contribution is -2.15. The summed E-state index contributed by atoms with van der Waals surface area (Å²) >= 11 is 1.78. The lowest BCUT2D eigenvalue weighted by molar-refractivity contribution is -0.118. The highest BCUT2D eigenvalue weighted by molar-refractivity contribution is 7.11. The number of aliphatic hydroxyl groups excluding tert-OH is 1. The maximum absolute atomic E-state index is 11.2. The molecule has 3 rings (SSSR count). The molecule has 116 valence electrons. The van der Waals surface area contributed by atoms with Crippen LogP contribution < -0.4 is 10.6 Å². The molecule has 0 aliphatic heterocycles. The van der Waals surface area contributed by atoms with Crippen LogP contribution in [0, 0.1) is 0 Å². The summed E-state index contributed by atoms with van der Waals surface area (Å²) < 4.78 is 0. The van der Waals surface area contributed by atoms with Gasteiger partial charge in [0.05, 0.1) is 11.6 Å². The first-order valence-electron chi connectivity index (χ1n) is 7.44. The Balaban J connectivity index is 1.57. The third-order valence-electron chi connectivity index (χ3n) is 3.78. The number of benzene rings is 1. The van der Waals surface area contributed by atoms with Crippen LogP contribution in [0.5, 0.6) is 0 Å². The van der Waals surface area contributed by atoms with Crippen molar-refractivity contribution in [3.63, 3.8) is 0 Å². The zero-order valence-corrected chi connectivity index (χ0v) is 13.0. The quantitative estimate of drug-likeness (QED) is 0.766. The molecule has 1 amide bonds. The molecule has 0 saturated heterocycles. The minimum Gasteiger partial charge on any atom is -0.387 e. The number of aliphatic hydroxyl groups is 1. The highest BCUT2D eigenvalue weighted by Gasteiger charge is 2.22. The number of hydrogen-bond acceptors (Lipinski definition) is 5. The average Bonchev–Trinajstić information content (AvgIpc) is 2.92. The molecule has 22 heavy (non-hydrogen) atoms. The molecule has 1 aliphatic carbocycles. The number of hydrogen-bond donors (Lipinski definition) is 3. The van der Waals surface area contributed by atoms with E-state index in [0.29, 0.717) is 11.6 Å². The van der Waals surface area contributed by atoms with Gasteiger partial charge in [0.25, 0.3) is 0 Å². The Bertz CT molecular complexity index is 652. The van der Waals surface area contributed by atoms with Gasteiger partial charge in [-0.3, -0.25) is 4.79 Å². The van der Waals surface area contributed by atoms with Crippen LogP contribution in [0.4, 0.5) is 11.4 Å². The van der Waals surface area contributed by atoms with E-state index in [2.05, 4.69) is 15.6 Å². The molecular weight excluding hydrogens is 298 g/mol. The molecule has 1 aliphatic rings. The number of carbonyl (C=O) groups is 1. The minimum atomic E-state index is -0.511. The van der Waals surface area contributed by atoms with Gasteiger partial charge in [0.1, 0.15) is 6.61 Å². The zero-order valence-electron chi connectivity index (χ0n) is 12.2. The Morgan fingerprint density at radius 3 is 2.91 bits per heavy atom. The number of aromatic nitrogens is 1. The Morgan fingerprint density at radius 1 is 1.36 bits per heavy atom. The summed E-state index contributed by atoms with van der Waals surface area (Å²) in [6, 6.07) is 7.45. The Labute approximate surface area is 133 Å². The number of carbonyl (C=O) groups excluding carboxylic acids is 1. The van der Waals surface area contributed by atoms with Gasteiger partial charge in [-0.25, -0.2) is 4.98 Å². The van der Waals surface area contributed by atoms with Crippen LogP contribution in [0.25, 0.3) is 0 Å². The molecule has 0 radical (unpaired) electrons. The predicted octanol–water partition coefficient (Wildman–Crippen LogP) is 2.95. The molecule has 5 nitrogen and oxygen atoms in total. The molecular formula is C16H19N3O2S. The molecule has 0 bridgehead atoms. The van der Waals surface area contributed by atoms with Crippen LogP contribution in [-0.4, -0.2) is 22.6 Å². The van der Waals surface area contributed by atoms with Gasteiger partial charge >= 0.3 is 0 Å².